The molecule has 4 aromatic rings. The number of aryl methyl sites for hydroxylation is 1. The lowest BCUT2D eigenvalue weighted by molar-refractivity contribution is 0.102. The molecule has 0 aliphatic carbocycles. The van der Waals surface area contributed by atoms with Crippen LogP contribution in [0.4, 0.5) is 4.39 Å². The van der Waals surface area contributed by atoms with Crippen molar-refractivity contribution in [1.82, 2.24) is 24.3 Å². The van der Waals surface area contributed by atoms with Gasteiger partial charge in [0.25, 0.3) is 0 Å². The van der Waals surface area contributed by atoms with Crippen molar-refractivity contribution in [3.05, 3.63) is 83.2 Å². The van der Waals surface area contributed by atoms with Crippen LogP contribution in [0.3, 0.4) is 0 Å². The first-order chi connectivity index (χ1) is 16.5. The van der Waals surface area contributed by atoms with Gasteiger partial charge in [-0.1, -0.05) is 23.9 Å². The number of carbonyl (C=O) groups is 1. The Labute approximate surface area is 202 Å². The van der Waals surface area contributed by atoms with Gasteiger partial charge >= 0.3 is 0 Å². The fourth-order valence-electron chi connectivity index (χ4n) is 3.80. The van der Waals surface area contributed by atoms with E-state index in [0.717, 1.165) is 22.5 Å². The van der Waals surface area contributed by atoms with Crippen molar-refractivity contribution in [2.45, 2.75) is 32.1 Å². The van der Waals surface area contributed by atoms with Gasteiger partial charge in [0.15, 0.2) is 16.8 Å². The number of nitrogens with zero attached hydrogens (tertiary/aromatic N) is 5. The molecular weight excluding hydrogens is 453 g/mol. The van der Waals surface area contributed by atoms with Gasteiger partial charge in [0.1, 0.15) is 5.82 Å². The molecular formula is C25H26FN5O2S. The normalized spacial score (nSPS) is 11.2. The summed E-state index contributed by atoms with van der Waals surface area (Å²) in [7, 11) is 1.65. The van der Waals surface area contributed by atoms with Crippen LogP contribution in [-0.4, -0.2) is 49.6 Å². The molecule has 176 valence electrons. The summed E-state index contributed by atoms with van der Waals surface area (Å²) in [4.78, 5) is 17.2. The quantitative estimate of drug-likeness (QED) is 0.245. The molecule has 0 radical (unpaired) electrons. The fraction of sp³-hybridized carbons (Fsp3) is 0.280. The van der Waals surface area contributed by atoms with Crippen molar-refractivity contribution in [3.63, 3.8) is 0 Å². The predicted molar refractivity (Wildman–Crippen MR) is 130 cm³/mol. The van der Waals surface area contributed by atoms with E-state index in [4.69, 9.17) is 4.74 Å². The second-order valence-corrected chi connectivity index (χ2v) is 8.84. The van der Waals surface area contributed by atoms with Gasteiger partial charge in [-0.2, -0.15) is 0 Å². The molecule has 0 saturated carbocycles. The minimum atomic E-state index is -0.261. The van der Waals surface area contributed by atoms with Crippen molar-refractivity contribution in [2.24, 2.45) is 0 Å². The molecule has 3 aromatic heterocycles. The first kappa shape index (κ1) is 23.8. The molecule has 0 amide bonds. The minimum Gasteiger partial charge on any atom is -0.383 e. The Morgan fingerprint density at radius 1 is 1.06 bits per heavy atom. The highest BCUT2D eigenvalue weighted by atomic mass is 32.2. The Morgan fingerprint density at radius 2 is 1.79 bits per heavy atom. The summed E-state index contributed by atoms with van der Waals surface area (Å²) in [6.45, 7) is 5.57. The average molecular weight is 480 g/mol. The first-order valence-electron chi connectivity index (χ1n) is 10.9. The molecule has 4 rings (SSSR count). The smallest absolute Gasteiger partial charge is 0.192 e. The molecule has 0 N–H and O–H groups in total. The van der Waals surface area contributed by atoms with E-state index in [1.54, 1.807) is 31.6 Å². The second-order valence-electron chi connectivity index (χ2n) is 7.90. The average Bonchev–Trinajstić information content (AvgIpc) is 3.38. The van der Waals surface area contributed by atoms with Gasteiger partial charge in [0, 0.05) is 48.6 Å². The zero-order chi connectivity index (χ0) is 24.1. The molecule has 1 aromatic carbocycles. The molecule has 3 heterocycles. The summed E-state index contributed by atoms with van der Waals surface area (Å²) >= 11 is 1.36. The number of Topliss-reactive ketones (excluding diaryl/α,β-unsaturated/α-hetero) is 1. The van der Waals surface area contributed by atoms with Gasteiger partial charge in [-0.25, -0.2) is 4.39 Å². The number of rotatable bonds is 10. The van der Waals surface area contributed by atoms with Crippen molar-refractivity contribution in [1.29, 1.82) is 0 Å². The van der Waals surface area contributed by atoms with E-state index in [1.807, 2.05) is 36.6 Å². The number of ether oxygens (including phenoxy) is 1. The summed E-state index contributed by atoms with van der Waals surface area (Å²) < 4.78 is 22.5. The number of pyridine rings is 1. The molecule has 0 saturated heterocycles. The third-order valence-corrected chi connectivity index (χ3v) is 6.60. The Kier molecular flexibility index (Phi) is 7.54. The Hall–Kier alpha value is -3.30. The Balaban J connectivity index is 1.51. The lowest BCUT2D eigenvalue weighted by atomic mass is 10.2. The van der Waals surface area contributed by atoms with Gasteiger partial charge < -0.3 is 9.30 Å². The molecule has 0 aliphatic heterocycles. The van der Waals surface area contributed by atoms with Crippen molar-refractivity contribution < 1.29 is 13.9 Å². The maximum Gasteiger partial charge on any atom is 0.192 e. The van der Waals surface area contributed by atoms with Crippen LogP contribution in [0.1, 0.15) is 27.3 Å². The topological polar surface area (TPSA) is 74.8 Å². The first-order valence-corrected chi connectivity index (χ1v) is 11.9. The van der Waals surface area contributed by atoms with Crippen molar-refractivity contribution >= 4 is 17.5 Å². The second kappa shape index (κ2) is 10.8. The van der Waals surface area contributed by atoms with Crippen LogP contribution in [0.15, 0.2) is 60.0 Å². The zero-order valence-electron chi connectivity index (χ0n) is 19.4. The van der Waals surface area contributed by atoms with E-state index in [9.17, 15) is 9.18 Å². The zero-order valence-corrected chi connectivity index (χ0v) is 20.2. The number of hydrogen-bond acceptors (Lipinski definition) is 6. The van der Waals surface area contributed by atoms with E-state index in [1.165, 1.54) is 23.9 Å². The summed E-state index contributed by atoms with van der Waals surface area (Å²) in [6, 6.07) is 12.1. The van der Waals surface area contributed by atoms with E-state index < -0.39 is 0 Å². The van der Waals surface area contributed by atoms with Crippen molar-refractivity contribution in [2.75, 3.05) is 19.5 Å². The van der Waals surface area contributed by atoms with Crippen LogP contribution in [0.25, 0.3) is 11.4 Å². The molecule has 9 heteroatoms. The maximum atomic E-state index is 13.2. The third-order valence-electron chi connectivity index (χ3n) is 5.63. The monoisotopic (exact) mass is 479 g/mol. The van der Waals surface area contributed by atoms with E-state index in [2.05, 4.69) is 19.7 Å². The van der Waals surface area contributed by atoms with Crippen LogP contribution in [0.2, 0.25) is 0 Å². The number of ketones is 1. The van der Waals surface area contributed by atoms with Gasteiger partial charge in [0.2, 0.25) is 0 Å². The largest absolute Gasteiger partial charge is 0.383 e. The molecule has 34 heavy (non-hydrogen) atoms. The highest BCUT2D eigenvalue weighted by Gasteiger charge is 2.19. The highest BCUT2D eigenvalue weighted by Crippen LogP contribution is 2.26. The molecule has 7 nitrogen and oxygen atoms in total. The van der Waals surface area contributed by atoms with E-state index >= 15 is 0 Å². The lowest BCUT2D eigenvalue weighted by Gasteiger charge is -2.10. The summed E-state index contributed by atoms with van der Waals surface area (Å²) in [6.07, 6.45) is 3.42. The van der Waals surface area contributed by atoms with Crippen molar-refractivity contribution in [3.8, 4) is 11.4 Å². The number of methoxy groups -OCH3 is 1. The lowest BCUT2D eigenvalue weighted by Crippen LogP contribution is -2.10. The number of halogens is 1. The number of thioether (sulfide) groups is 1. The molecule has 0 unspecified atom stereocenters. The summed E-state index contributed by atoms with van der Waals surface area (Å²) in [5.74, 6) is 0.715. The molecule has 0 aliphatic rings. The standard InChI is InChI=1S/C25H26FN5O2S/c1-17-14-22(18(2)31(17)15-19-4-6-21(26)7-5-19)23(32)16-34-25-29-28-24(30(25)12-13-33-3)20-8-10-27-11-9-20/h4-11,14H,12-13,15-16H2,1-3H3. The van der Waals surface area contributed by atoms with Crippen LogP contribution in [-0.2, 0) is 17.8 Å². The predicted octanol–water partition coefficient (Wildman–Crippen LogP) is 4.57. The third kappa shape index (κ3) is 5.26. The SMILES string of the molecule is COCCn1c(SCC(=O)c2cc(C)n(Cc3ccc(F)cc3)c2C)nnc1-c1ccncc1. The summed E-state index contributed by atoms with van der Waals surface area (Å²) in [5, 5.41) is 9.34. The van der Waals surface area contributed by atoms with Crippen LogP contribution >= 0.6 is 11.8 Å². The van der Waals surface area contributed by atoms with Crippen LogP contribution in [0, 0.1) is 19.7 Å². The Bertz CT molecular complexity index is 1270. The number of aromatic nitrogens is 5. The number of hydrogen-bond donors (Lipinski definition) is 0. The van der Waals surface area contributed by atoms with Gasteiger partial charge in [-0.05, 0) is 49.7 Å². The minimum absolute atomic E-state index is 0.0233. The van der Waals surface area contributed by atoms with E-state index in [0.29, 0.717) is 36.2 Å². The van der Waals surface area contributed by atoms with E-state index in [-0.39, 0.29) is 17.4 Å². The summed E-state index contributed by atoms with van der Waals surface area (Å²) in [5.41, 5.74) is 4.45. The number of benzene rings is 1. The molecule has 0 bridgehead atoms. The van der Waals surface area contributed by atoms with Crippen LogP contribution < -0.4 is 0 Å². The maximum absolute atomic E-state index is 13.2. The number of carbonyl (C=O) groups excluding carboxylic acids is 1. The molecule has 0 atom stereocenters. The molecule has 0 spiro atoms. The fourth-order valence-corrected chi connectivity index (χ4v) is 4.65. The van der Waals surface area contributed by atoms with Gasteiger partial charge in [-0.3, -0.25) is 14.3 Å². The van der Waals surface area contributed by atoms with Gasteiger partial charge in [-0.15, -0.1) is 10.2 Å². The van der Waals surface area contributed by atoms with Gasteiger partial charge in [0.05, 0.1) is 18.9 Å². The highest BCUT2D eigenvalue weighted by molar-refractivity contribution is 7.99. The van der Waals surface area contributed by atoms with Crippen LogP contribution in [0.5, 0.6) is 0 Å². The Morgan fingerprint density at radius 3 is 2.50 bits per heavy atom. The molecule has 0 fully saturated rings.